The molecule has 0 fully saturated rings. The molecule has 6 nitrogen and oxygen atoms in total. The third-order valence-electron chi connectivity index (χ3n) is 2.62. The summed E-state index contributed by atoms with van der Waals surface area (Å²) in [6.07, 6.45) is 1.65. The van der Waals surface area contributed by atoms with Gasteiger partial charge in [0, 0.05) is 24.3 Å². The number of thiocarbonyl (C=S) groups is 1. The lowest BCUT2D eigenvalue weighted by Crippen LogP contribution is -2.34. The van der Waals surface area contributed by atoms with Crippen molar-refractivity contribution in [2.24, 2.45) is 0 Å². The maximum Gasteiger partial charge on any atom is 0.257 e. The van der Waals surface area contributed by atoms with Crippen LogP contribution in [0.15, 0.2) is 34.2 Å². The van der Waals surface area contributed by atoms with Gasteiger partial charge in [0.25, 0.3) is 5.91 Å². The second kappa shape index (κ2) is 8.92. The molecule has 23 heavy (non-hydrogen) atoms. The number of carbonyl (C=O) groups excluding carboxylic acids is 1. The van der Waals surface area contributed by atoms with Gasteiger partial charge >= 0.3 is 0 Å². The first kappa shape index (κ1) is 17.8. The number of amides is 1. The van der Waals surface area contributed by atoms with Crippen LogP contribution in [0.1, 0.15) is 10.4 Å². The average molecular weight is 416 g/mol. The Morgan fingerprint density at radius 2 is 2.26 bits per heavy atom. The summed E-state index contributed by atoms with van der Waals surface area (Å²) in [4.78, 5) is 16.2. The van der Waals surface area contributed by atoms with Crippen LogP contribution in [-0.2, 0) is 4.74 Å². The van der Waals surface area contributed by atoms with Gasteiger partial charge in [0.2, 0.25) is 0 Å². The summed E-state index contributed by atoms with van der Waals surface area (Å²) in [5.74, 6) is 0.324. The van der Waals surface area contributed by atoms with E-state index >= 15 is 0 Å². The molecule has 0 atom stereocenters. The molecule has 2 rings (SSSR count). The Kier molecular flexibility index (Phi) is 6.90. The molecule has 0 bridgehead atoms. The largest absolute Gasteiger partial charge is 0.490 e. The second-order valence-electron chi connectivity index (χ2n) is 4.23. The molecule has 0 radical (unpaired) electrons. The number of carbonyl (C=O) groups is 1. The van der Waals surface area contributed by atoms with Crippen molar-refractivity contribution in [3.05, 3.63) is 39.8 Å². The number of anilines is 1. The minimum Gasteiger partial charge on any atom is -0.490 e. The SMILES string of the molecule is COCCOc1ccc(C(=O)NC(=S)Nc2nccs2)cc1Br. The molecule has 1 aromatic heterocycles. The molecule has 0 aliphatic carbocycles. The van der Waals surface area contributed by atoms with Crippen molar-refractivity contribution in [1.82, 2.24) is 10.3 Å². The molecule has 1 aromatic carbocycles. The van der Waals surface area contributed by atoms with E-state index in [0.29, 0.717) is 34.1 Å². The van der Waals surface area contributed by atoms with Gasteiger partial charge < -0.3 is 14.8 Å². The number of methoxy groups -OCH3 is 1. The number of rotatable bonds is 6. The van der Waals surface area contributed by atoms with Crippen LogP contribution in [0.3, 0.4) is 0 Å². The van der Waals surface area contributed by atoms with Crippen molar-refractivity contribution in [3.63, 3.8) is 0 Å². The molecule has 0 unspecified atom stereocenters. The van der Waals surface area contributed by atoms with E-state index in [4.69, 9.17) is 21.7 Å². The van der Waals surface area contributed by atoms with Crippen LogP contribution >= 0.6 is 39.5 Å². The van der Waals surface area contributed by atoms with E-state index in [1.807, 2.05) is 5.38 Å². The van der Waals surface area contributed by atoms with Crippen molar-refractivity contribution >= 4 is 55.6 Å². The molecule has 2 aromatic rings. The molecular weight excluding hydrogens is 402 g/mol. The van der Waals surface area contributed by atoms with Crippen molar-refractivity contribution in [2.75, 3.05) is 25.6 Å². The van der Waals surface area contributed by atoms with Crippen molar-refractivity contribution in [1.29, 1.82) is 0 Å². The van der Waals surface area contributed by atoms with Gasteiger partial charge in [0.15, 0.2) is 10.2 Å². The highest BCUT2D eigenvalue weighted by Crippen LogP contribution is 2.26. The van der Waals surface area contributed by atoms with Crippen molar-refractivity contribution < 1.29 is 14.3 Å². The highest BCUT2D eigenvalue weighted by atomic mass is 79.9. The van der Waals surface area contributed by atoms with Crippen LogP contribution in [0.2, 0.25) is 0 Å². The van der Waals surface area contributed by atoms with E-state index in [9.17, 15) is 4.79 Å². The zero-order valence-corrected chi connectivity index (χ0v) is 15.4. The Morgan fingerprint density at radius 3 is 2.91 bits per heavy atom. The van der Waals surface area contributed by atoms with Gasteiger partial charge in [-0.3, -0.25) is 10.1 Å². The Hall–Kier alpha value is -1.55. The van der Waals surface area contributed by atoms with E-state index in [1.54, 1.807) is 31.5 Å². The standard InChI is InChI=1S/C14H14BrN3O3S2/c1-20-5-6-21-11-3-2-9(8-10(11)15)12(19)17-13(22)18-14-16-4-7-23-14/h2-4,7-8H,5-6H2,1H3,(H2,16,17,18,19,22). The van der Waals surface area contributed by atoms with E-state index < -0.39 is 0 Å². The molecule has 1 amide bonds. The zero-order valence-electron chi connectivity index (χ0n) is 12.2. The third-order valence-corrected chi connectivity index (χ3v) is 4.13. The fraction of sp³-hybridized carbons (Fsp3) is 0.214. The number of ether oxygens (including phenoxy) is 2. The van der Waals surface area contributed by atoms with Crippen LogP contribution in [0.4, 0.5) is 5.13 Å². The molecule has 0 aliphatic rings. The Labute approximate surface area is 151 Å². The maximum atomic E-state index is 12.2. The highest BCUT2D eigenvalue weighted by Gasteiger charge is 2.11. The van der Waals surface area contributed by atoms with E-state index in [-0.39, 0.29) is 11.0 Å². The molecule has 0 saturated carbocycles. The molecule has 0 aliphatic heterocycles. The molecule has 1 heterocycles. The molecule has 9 heteroatoms. The lowest BCUT2D eigenvalue weighted by molar-refractivity contribution is 0.0977. The summed E-state index contributed by atoms with van der Waals surface area (Å²) in [5, 5.41) is 8.07. The number of halogens is 1. The number of hydrogen-bond donors (Lipinski definition) is 2. The molecule has 2 N–H and O–H groups in total. The predicted molar refractivity (Wildman–Crippen MR) is 97.3 cm³/mol. The molecule has 122 valence electrons. The first-order valence-corrected chi connectivity index (χ1v) is 8.61. The second-order valence-corrected chi connectivity index (χ2v) is 6.39. The van der Waals surface area contributed by atoms with Gasteiger partial charge in [-0.15, -0.1) is 11.3 Å². The van der Waals surface area contributed by atoms with Crippen LogP contribution in [0, 0.1) is 0 Å². The fourth-order valence-corrected chi connectivity index (χ4v) is 2.86. The van der Waals surface area contributed by atoms with Gasteiger partial charge in [0.05, 0.1) is 11.1 Å². The van der Waals surface area contributed by atoms with Crippen LogP contribution < -0.4 is 15.4 Å². The summed E-state index contributed by atoms with van der Waals surface area (Å²) in [5.41, 5.74) is 0.458. The van der Waals surface area contributed by atoms with Gasteiger partial charge in [-0.1, -0.05) is 0 Å². The van der Waals surface area contributed by atoms with Crippen LogP contribution in [0.5, 0.6) is 5.75 Å². The Bertz CT molecular complexity index is 680. The maximum absolute atomic E-state index is 12.2. The molecular formula is C14H14BrN3O3S2. The van der Waals surface area contributed by atoms with Crippen molar-refractivity contribution in [2.45, 2.75) is 0 Å². The Balaban J connectivity index is 1.94. The van der Waals surface area contributed by atoms with Gasteiger partial charge in [0.1, 0.15) is 12.4 Å². The van der Waals surface area contributed by atoms with Gasteiger partial charge in [-0.2, -0.15) is 0 Å². The Morgan fingerprint density at radius 1 is 1.43 bits per heavy atom. The lowest BCUT2D eigenvalue weighted by Gasteiger charge is -2.10. The van der Waals surface area contributed by atoms with Gasteiger partial charge in [-0.25, -0.2) is 4.98 Å². The lowest BCUT2D eigenvalue weighted by atomic mass is 10.2. The molecule has 0 spiro atoms. The van der Waals surface area contributed by atoms with E-state index in [2.05, 4.69) is 31.5 Å². The monoisotopic (exact) mass is 415 g/mol. The first-order chi connectivity index (χ1) is 11.1. The predicted octanol–water partition coefficient (Wildman–Crippen LogP) is 3.06. The van der Waals surface area contributed by atoms with Gasteiger partial charge in [-0.05, 0) is 46.3 Å². The number of nitrogens with one attached hydrogen (secondary N) is 2. The first-order valence-electron chi connectivity index (χ1n) is 6.53. The summed E-state index contributed by atoms with van der Waals surface area (Å²) < 4.78 is 11.1. The third kappa shape index (κ3) is 5.54. The minimum atomic E-state index is -0.316. The average Bonchev–Trinajstić information content (AvgIpc) is 3.01. The number of aromatic nitrogens is 1. The van der Waals surface area contributed by atoms with Crippen LogP contribution in [-0.4, -0.2) is 36.3 Å². The zero-order chi connectivity index (χ0) is 16.7. The van der Waals surface area contributed by atoms with E-state index in [0.717, 1.165) is 0 Å². The van der Waals surface area contributed by atoms with Crippen molar-refractivity contribution in [3.8, 4) is 5.75 Å². The van der Waals surface area contributed by atoms with E-state index in [1.165, 1.54) is 11.3 Å². The summed E-state index contributed by atoms with van der Waals surface area (Å²) >= 11 is 9.85. The minimum absolute atomic E-state index is 0.196. The normalized spacial score (nSPS) is 10.2. The number of nitrogens with zero attached hydrogens (tertiary/aromatic N) is 1. The quantitative estimate of drug-likeness (QED) is 0.557. The smallest absolute Gasteiger partial charge is 0.257 e. The van der Waals surface area contributed by atoms with Crippen LogP contribution in [0.25, 0.3) is 0 Å². The summed E-state index contributed by atoms with van der Waals surface area (Å²) in [6, 6.07) is 5.05. The summed E-state index contributed by atoms with van der Waals surface area (Å²) in [6.45, 7) is 0.924. The topological polar surface area (TPSA) is 72.5 Å². The fourth-order valence-electron chi connectivity index (χ4n) is 1.58. The molecule has 0 saturated heterocycles. The highest BCUT2D eigenvalue weighted by molar-refractivity contribution is 9.10. The number of benzene rings is 1. The number of thiazole rings is 1. The summed E-state index contributed by atoms with van der Waals surface area (Å²) in [7, 11) is 1.61. The number of hydrogen-bond acceptors (Lipinski definition) is 6.